The minimum absolute atomic E-state index is 0.197. The Bertz CT molecular complexity index is 890. The quantitative estimate of drug-likeness (QED) is 0.710. The molecule has 1 aromatic carbocycles. The van der Waals surface area contributed by atoms with E-state index in [2.05, 4.69) is 21.9 Å². The number of carbonyl (C=O) groups is 1. The zero-order valence-corrected chi connectivity index (χ0v) is 15.6. The molecule has 1 atom stereocenters. The van der Waals surface area contributed by atoms with Crippen LogP contribution in [0.1, 0.15) is 19.8 Å². The molecule has 0 bridgehead atoms. The van der Waals surface area contributed by atoms with E-state index in [1.165, 1.54) is 18.2 Å². The van der Waals surface area contributed by atoms with Gasteiger partial charge in [0.25, 0.3) is 0 Å². The van der Waals surface area contributed by atoms with Crippen LogP contribution in [0.4, 0.5) is 0 Å². The van der Waals surface area contributed by atoms with Gasteiger partial charge >= 0.3 is 0 Å². The molecular formula is C20H22N4OS. The molecule has 0 unspecified atom stereocenters. The number of thioether (sulfide) groups is 1. The summed E-state index contributed by atoms with van der Waals surface area (Å²) < 4.78 is 0. The molecule has 2 aromatic heterocycles. The van der Waals surface area contributed by atoms with Crippen molar-refractivity contribution in [1.82, 2.24) is 19.9 Å². The van der Waals surface area contributed by atoms with Gasteiger partial charge < -0.3 is 9.88 Å². The Kier molecular flexibility index (Phi) is 4.93. The van der Waals surface area contributed by atoms with E-state index >= 15 is 0 Å². The third-order valence-corrected chi connectivity index (χ3v) is 5.75. The summed E-state index contributed by atoms with van der Waals surface area (Å²) in [6, 6.07) is 11.9. The molecule has 1 N–H and O–H groups in total. The number of rotatable bonds is 4. The van der Waals surface area contributed by atoms with Gasteiger partial charge in [-0.05, 0) is 43.0 Å². The van der Waals surface area contributed by atoms with Crippen LogP contribution in [0.15, 0.2) is 47.6 Å². The molecular weight excluding hydrogens is 344 g/mol. The van der Waals surface area contributed by atoms with Crippen molar-refractivity contribution in [2.45, 2.75) is 24.8 Å². The number of nitrogens with one attached hydrogen (secondary N) is 1. The molecule has 26 heavy (non-hydrogen) atoms. The van der Waals surface area contributed by atoms with Gasteiger partial charge in [-0.1, -0.05) is 30.8 Å². The number of likely N-dealkylation sites (tertiary alicyclic amines) is 1. The van der Waals surface area contributed by atoms with E-state index in [1.54, 1.807) is 6.20 Å². The summed E-state index contributed by atoms with van der Waals surface area (Å²) in [4.78, 5) is 27.1. The van der Waals surface area contributed by atoms with Crippen LogP contribution in [-0.4, -0.2) is 44.6 Å². The number of benzene rings is 1. The van der Waals surface area contributed by atoms with Gasteiger partial charge in [0, 0.05) is 24.8 Å². The summed E-state index contributed by atoms with van der Waals surface area (Å²) in [5.41, 5.74) is 2.87. The first-order valence-corrected chi connectivity index (χ1v) is 10.00. The monoisotopic (exact) mass is 366 g/mol. The second-order valence-electron chi connectivity index (χ2n) is 6.83. The van der Waals surface area contributed by atoms with E-state index in [1.807, 2.05) is 41.3 Å². The average Bonchev–Trinajstić information content (AvgIpc) is 3.10. The van der Waals surface area contributed by atoms with Crippen molar-refractivity contribution in [3.63, 3.8) is 0 Å². The molecule has 4 rings (SSSR count). The lowest BCUT2D eigenvalue weighted by Crippen LogP contribution is -2.40. The molecule has 1 aliphatic heterocycles. The Labute approximate surface area is 157 Å². The fourth-order valence-electron chi connectivity index (χ4n) is 3.40. The van der Waals surface area contributed by atoms with E-state index in [9.17, 15) is 4.79 Å². The Balaban J connectivity index is 1.51. The Morgan fingerprint density at radius 1 is 1.31 bits per heavy atom. The highest BCUT2D eigenvalue weighted by Gasteiger charge is 2.21. The molecule has 1 aliphatic rings. The van der Waals surface area contributed by atoms with Gasteiger partial charge in [0.1, 0.15) is 10.9 Å². The van der Waals surface area contributed by atoms with Crippen molar-refractivity contribution in [3.05, 3.63) is 42.6 Å². The number of hydrogen-bond acceptors (Lipinski definition) is 4. The highest BCUT2D eigenvalue weighted by molar-refractivity contribution is 8.00. The number of nitrogens with zero attached hydrogens (tertiary/aromatic N) is 3. The van der Waals surface area contributed by atoms with Crippen LogP contribution in [0.3, 0.4) is 0 Å². The van der Waals surface area contributed by atoms with Gasteiger partial charge in [-0.25, -0.2) is 9.97 Å². The summed E-state index contributed by atoms with van der Waals surface area (Å²) in [7, 11) is 0. The summed E-state index contributed by atoms with van der Waals surface area (Å²) in [6.45, 7) is 3.96. The van der Waals surface area contributed by atoms with E-state index in [0.29, 0.717) is 11.7 Å². The molecule has 6 heteroatoms. The minimum Gasteiger partial charge on any atom is -0.342 e. The maximum absolute atomic E-state index is 12.6. The molecule has 3 heterocycles. The van der Waals surface area contributed by atoms with Crippen molar-refractivity contribution in [1.29, 1.82) is 0 Å². The number of fused-ring (bicyclic) bond motifs is 1. The first-order chi connectivity index (χ1) is 12.7. The molecule has 0 radical (unpaired) electrons. The van der Waals surface area contributed by atoms with Crippen LogP contribution >= 0.6 is 11.8 Å². The third kappa shape index (κ3) is 3.60. The third-order valence-electron chi connectivity index (χ3n) is 4.76. The lowest BCUT2D eigenvalue weighted by molar-refractivity contribution is -0.130. The highest BCUT2D eigenvalue weighted by Crippen LogP contribution is 2.29. The Morgan fingerprint density at radius 2 is 2.19 bits per heavy atom. The fraction of sp³-hybridized carbons (Fsp3) is 0.350. The number of pyridine rings is 1. The first-order valence-electron chi connectivity index (χ1n) is 9.01. The highest BCUT2D eigenvalue weighted by atomic mass is 32.2. The van der Waals surface area contributed by atoms with Crippen molar-refractivity contribution in [2.75, 3.05) is 18.8 Å². The maximum Gasteiger partial charge on any atom is 0.232 e. The largest absolute Gasteiger partial charge is 0.342 e. The van der Waals surface area contributed by atoms with Gasteiger partial charge in [-0.15, -0.1) is 0 Å². The molecule has 0 aliphatic carbocycles. The Morgan fingerprint density at radius 3 is 3.04 bits per heavy atom. The van der Waals surface area contributed by atoms with Crippen LogP contribution in [-0.2, 0) is 4.79 Å². The van der Waals surface area contributed by atoms with E-state index < -0.39 is 0 Å². The normalized spacial score (nSPS) is 17.6. The minimum atomic E-state index is 0.197. The van der Waals surface area contributed by atoms with Crippen molar-refractivity contribution in [3.8, 4) is 11.4 Å². The Hall–Kier alpha value is -2.34. The van der Waals surface area contributed by atoms with E-state index in [4.69, 9.17) is 0 Å². The van der Waals surface area contributed by atoms with Crippen molar-refractivity contribution < 1.29 is 4.79 Å². The predicted octanol–water partition coefficient (Wildman–Crippen LogP) is 3.98. The number of amides is 1. The zero-order valence-electron chi connectivity index (χ0n) is 14.8. The van der Waals surface area contributed by atoms with Gasteiger partial charge in [-0.3, -0.25) is 4.79 Å². The average molecular weight is 366 g/mol. The molecule has 3 aromatic rings. The standard InChI is InChI=1S/C20H22N4OS/c1-14-6-5-11-24(12-14)18(25)13-26-20-15(7-4-10-21-20)19-22-16-8-2-3-9-17(16)23-19/h2-4,7-10,14H,5-6,11-13H2,1H3,(H,22,23)/t14-/m1/s1. The number of imidazole rings is 1. The fourth-order valence-corrected chi connectivity index (χ4v) is 4.30. The summed E-state index contributed by atoms with van der Waals surface area (Å²) in [5, 5.41) is 0.838. The van der Waals surface area contributed by atoms with Crippen molar-refractivity contribution in [2.24, 2.45) is 5.92 Å². The van der Waals surface area contributed by atoms with Crippen LogP contribution in [0, 0.1) is 5.92 Å². The van der Waals surface area contributed by atoms with Gasteiger partial charge in [-0.2, -0.15) is 0 Å². The number of para-hydroxylation sites is 2. The lowest BCUT2D eigenvalue weighted by atomic mass is 10.0. The molecule has 0 spiro atoms. The SMILES string of the molecule is C[C@@H]1CCCN(C(=O)CSc2ncccc2-c2nc3ccccc3[nH]2)C1. The van der Waals surface area contributed by atoms with Crippen LogP contribution in [0.2, 0.25) is 0 Å². The summed E-state index contributed by atoms with van der Waals surface area (Å²) in [6.07, 6.45) is 4.08. The summed E-state index contributed by atoms with van der Waals surface area (Å²) in [5.74, 6) is 2.00. The number of H-pyrrole nitrogens is 1. The van der Waals surface area contributed by atoms with E-state index in [0.717, 1.165) is 47.0 Å². The van der Waals surface area contributed by atoms with E-state index in [-0.39, 0.29) is 5.91 Å². The number of carbonyl (C=O) groups excluding carboxylic acids is 1. The number of aromatic amines is 1. The number of piperidine rings is 1. The van der Waals surface area contributed by atoms with Crippen LogP contribution in [0.25, 0.3) is 22.4 Å². The smallest absolute Gasteiger partial charge is 0.232 e. The molecule has 134 valence electrons. The topological polar surface area (TPSA) is 61.9 Å². The second-order valence-corrected chi connectivity index (χ2v) is 7.80. The first kappa shape index (κ1) is 17.1. The molecule has 5 nitrogen and oxygen atoms in total. The van der Waals surface area contributed by atoms with Gasteiger partial charge in [0.05, 0.1) is 16.8 Å². The molecule has 1 saturated heterocycles. The predicted molar refractivity (Wildman–Crippen MR) is 105 cm³/mol. The zero-order chi connectivity index (χ0) is 17.9. The lowest BCUT2D eigenvalue weighted by Gasteiger charge is -2.30. The van der Waals surface area contributed by atoms with Gasteiger partial charge in [0.2, 0.25) is 5.91 Å². The molecule has 1 amide bonds. The molecule has 0 saturated carbocycles. The van der Waals surface area contributed by atoms with Crippen LogP contribution < -0.4 is 0 Å². The summed E-state index contributed by atoms with van der Waals surface area (Å²) >= 11 is 1.49. The molecule has 1 fully saturated rings. The second kappa shape index (κ2) is 7.50. The van der Waals surface area contributed by atoms with Gasteiger partial charge in [0.15, 0.2) is 0 Å². The number of hydrogen-bond donors (Lipinski definition) is 1. The van der Waals surface area contributed by atoms with Crippen LogP contribution in [0.5, 0.6) is 0 Å². The van der Waals surface area contributed by atoms with Crippen molar-refractivity contribution >= 4 is 28.7 Å². The maximum atomic E-state index is 12.6. The number of aromatic nitrogens is 3.